The van der Waals surface area contributed by atoms with Gasteiger partial charge in [-0.15, -0.1) is 0 Å². The molecule has 0 radical (unpaired) electrons. The van der Waals surface area contributed by atoms with Crippen LogP contribution >= 0.6 is 67.8 Å². The van der Waals surface area contributed by atoms with Crippen molar-refractivity contribution in [3.05, 3.63) is 135 Å². The quantitative estimate of drug-likeness (QED) is 0.0253. The van der Waals surface area contributed by atoms with Crippen molar-refractivity contribution in [2.24, 2.45) is 11.8 Å². The second kappa shape index (κ2) is 103. The van der Waals surface area contributed by atoms with Gasteiger partial charge in [0.1, 0.15) is 12.4 Å². The highest BCUT2D eigenvalue weighted by Gasteiger charge is 2.29. The molecule has 0 aliphatic rings. The molecule has 0 bridgehead atoms. The van der Waals surface area contributed by atoms with Gasteiger partial charge >= 0.3 is 11.9 Å². The van der Waals surface area contributed by atoms with Crippen molar-refractivity contribution >= 4 is 115 Å². The zero-order chi connectivity index (χ0) is 83.2. The second-order valence-corrected chi connectivity index (χ2v) is 20.8. The Balaban J connectivity index is -0.000000117. The molecule has 4 aromatic rings. The van der Waals surface area contributed by atoms with Gasteiger partial charge in [0.05, 0.1) is 23.9 Å². The van der Waals surface area contributed by atoms with E-state index in [-0.39, 0.29) is 68.1 Å². The van der Waals surface area contributed by atoms with Crippen molar-refractivity contribution in [2.75, 3.05) is 27.2 Å². The first kappa shape index (κ1) is 127. The number of esters is 2. The van der Waals surface area contributed by atoms with Gasteiger partial charge in [-0.1, -0.05) is 293 Å². The van der Waals surface area contributed by atoms with Gasteiger partial charge in [-0.3, -0.25) is 33.6 Å². The first-order valence-corrected chi connectivity index (χ1v) is 42.3. The van der Waals surface area contributed by atoms with Gasteiger partial charge in [-0.25, -0.2) is 4.79 Å². The van der Waals surface area contributed by atoms with Gasteiger partial charge in [0.15, 0.2) is 12.4 Å². The number of carbonyl (C=O) groups is 8. The maximum atomic E-state index is 13.8. The summed E-state index contributed by atoms with van der Waals surface area (Å²) in [5, 5.41) is 10.9. The molecular formula is C85H157I3N4O10. The number of amides is 4. The summed E-state index contributed by atoms with van der Waals surface area (Å²) in [6.45, 7) is 67.1. The van der Waals surface area contributed by atoms with Crippen molar-refractivity contribution in [1.29, 1.82) is 0 Å². The van der Waals surface area contributed by atoms with E-state index >= 15 is 0 Å². The molecular weight excluding hydrogens is 1620 g/mol. The third-order valence-electron chi connectivity index (χ3n) is 11.8. The second-order valence-electron chi connectivity index (χ2n) is 17.4. The summed E-state index contributed by atoms with van der Waals surface area (Å²) in [7, 11) is 3.22. The van der Waals surface area contributed by atoms with Crippen LogP contribution in [0.5, 0.6) is 0 Å². The van der Waals surface area contributed by atoms with Gasteiger partial charge in [0.2, 0.25) is 23.6 Å². The average Bonchev–Trinajstić information content (AvgIpc) is 0.811. The lowest BCUT2D eigenvalue weighted by atomic mass is 9.94. The fourth-order valence-corrected chi connectivity index (χ4v) is 11.9. The molecule has 3 atom stereocenters. The smallest absolute Gasteiger partial charge is 0.339 e. The Morgan fingerprint density at radius 2 is 0.902 bits per heavy atom. The number of ether oxygens (including phenoxy) is 2. The molecule has 4 amide bonds. The van der Waals surface area contributed by atoms with Crippen LogP contribution in [0.15, 0.2) is 84.9 Å². The molecule has 0 saturated carbocycles. The third-order valence-corrected chi connectivity index (χ3v) is 15.0. The number of aryl methyl sites for hydroxylation is 2. The highest BCUT2D eigenvalue weighted by atomic mass is 127. The topological polar surface area (TPSA) is 203 Å². The monoisotopic (exact) mass is 1770 g/mol. The maximum Gasteiger partial charge on any atom is 0.339 e. The maximum absolute atomic E-state index is 13.8. The molecule has 4 N–H and O–H groups in total. The van der Waals surface area contributed by atoms with Crippen LogP contribution in [-0.2, 0) is 68.9 Å². The van der Waals surface area contributed by atoms with Crippen molar-refractivity contribution in [1.82, 2.24) is 21.3 Å². The molecule has 17 heteroatoms. The molecule has 0 aliphatic heterocycles. The lowest BCUT2D eigenvalue weighted by molar-refractivity contribution is -0.148. The van der Waals surface area contributed by atoms with E-state index in [1.165, 1.54) is 5.56 Å². The molecule has 4 rings (SSSR count). The SMILES string of the molecule is CC.CC.CC.CC.CC.CC.CC.CC.CC.CC.CC.CC.CC.CC.CC.CCC(Cc1c(I)cc(I)c(CC(C)=O)c1I)C(=O)NC.CNC(=O)CCCC(=O)NCCCC[C@@H](NC(=O)[C@H](CC(=O)OCc1ccccc1)Cc1ccccc1)C(=O)COC(=O)c1c(C)cccc1C. The molecule has 598 valence electrons. The summed E-state index contributed by atoms with van der Waals surface area (Å²) in [6.07, 6.45) is 4.11. The molecule has 0 fully saturated rings. The molecule has 1 unspecified atom stereocenters. The van der Waals surface area contributed by atoms with Gasteiger partial charge in [0, 0.05) is 56.5 Å². The fraction of sp³-hybridized carbons (Fsp3) is 0.624. The Hall–Kier alpha value is -4.77. The van der Waals surface area contributed by atoms with E-state index in [0.29, 0.717) is 44.2 Å². The molecule has 0 saturated heterocycles. The van der Waals surface area contributed by atoms with Gasteiger partial charge in [-0.2, -0.15) is 0 Å². The van der Waals surface area contributed by atoms with Crippen LogP contribution < -0.4 is 21.3 Å². The first-order chi connectivity index (χ1) is 49.4. The minimum atomic E-state index is -1.01. The number of Topliss-reactive ketones (excluding diaryl/α,β-unsaturated/α-hetero) is 2. The third kappa shape index (κ3) is 68.3. The van der Waals surface area contributed by atoms with Gasteiger partial charge < -0.3 is 30.7 Å². The average molecular weight is 1780 g/mol. The van der Waals surface area contributed by atoms with Crippen LogP contribution in [0.4, 0.5) is 0 Å². The standard InChI is InChI=1S/C40H49N3O8.C15H18I3NO2.15C2H6/c1-28-14-12-15-29(2)38(28)40(49)51-27-34(44)33(20-10-11-23-42-36(46)22-13-21-35(45)41-3)43-39(48)32(24-30-16-6-4-7-17-30)25-37(47)50-26-31-18-8-5-9-19-31;1-4-9(15(21)19-3)6-11-13(17)7-12(16)10(14(11)18)5-8(2)20;15*1-2/h4-9,12,14-19,32-33H,10-11,13,20-27H2,1-3H3,(H,41,45)(H,42,46)(H,43,48);7,9H,4-6H2,1-3H3,(H,19,21);15*1-2H3/t32-,33+;;;;;;;;;;;;;;;;/m0................/s1. The molecule has 0 aliphatic carbocycles. The zero-order valence-corrected chi connectivity index (χ0v) is 78.4. The Morgan fingerprint density at radius 3 is 1.32 bits per heavy atom. The summed E-state index contributed by atoms with van der Waals surface area (Å²) >= 11 is 6.92. The largest absolute Gasteiger partial charge is 0.461 e. The van der Waals surface area contributed by atoms with Gasteiger partial charge in [0.25, 0.3) is 0 Å². The summed E-state index contributed by atoms with van der Waals surface area (Å²) < 4.78 is 14.3. The number of rotatable bonds is 27. The number of benzene rings is 4. The van der Waals surface area contributed by atoms with Crippen LogP contribution in [-0.4, -0.2) is 80.4 Å². The van der Waals surface area contributed by atoms with Crippen LogP contribution in [0.1, 0.15) is 317 Å². The summed E-state index contributed by atoms with van der Waals surface area (Å²) in [5.74, 6) is -3.11. The highest BCUT2D eigenvalue weighted by molar-refractivity contribution is 14.1. The van der Waals surface area contributed by atoms with Crippen LogP contribution in [0.25, 0.3) is 0 Å². The van der Waals surface area contributed by atoms with Gasteiger partial charge in [-0.05, 0) is 173 Å². The lowest BCUT2D eigenvalue weighted by Gasteiger charge is -2.22. The molecule has 0 aromatic heterocycles. The molecule has 0 heterocycles. The summed E-state index contributed by atoms with van der Waals surface area (Å²) in [6, 6.07) is 25.0. The molecule has 14 nitrogen and oxygen atoms in total. The van der Waals surface area contributed by atoms with Crippen LogP contribution in [0, 0.1) is 36.4 Å². The summed E-state index contributed by atoms with van der Waals surface area (Å²) in [5.41, 5.74) is 5.75. The number of carbonyl (C=O) groups excluding carboxylic acids is 8. The molecule has 102 heavy (non-hydrogen) atoms. The van der Waals surface area contributed by atoms with Crippen molar-refractivity contribution in [3.63, 3.8) is 0 Å². The van der Waals surface area contributed by atoms with E-state index < -0.39 is 42.2 Å². The minimum Gasteiger partial charge on any atom is -0.461 e. The molecule has 0 spiro atoms. The summed E-state index contributed by atoms with van der Waals surface area (Å²) in [4.78, 5) is 100. The normalized spacial score (nSPS) is 9.28. The predicted octanol–water partition coefficient (Wildman–Crippen LogP) is 24.0. The van der Waals surface area contributed by atoms with E-state index in [2.05, 4.69) is 95.1 Å². The Labute approximate surface area is 670 Å². The van der Waals surface area contributed by atoms with E-state index in [1.807, 2.05) is 281 Å². The Morgan fingerprint density at radius 1 is 0.471 bits per heavy atom. The number of halogens is 3. The Kier molecular flexibility index (Phi) is 128. The van der Waals surface area contributed by atoms with Crippen molar-refractivity contribution in [2.45, 2.75) is 319 Å². The number of hydrogen-bond donors (Lipinski definition) is 4. The fourth-order valence-electron chi connectivity index (χ4n) is 7.68. The van der Waals surface area contributed by atoms with E-state index in [4.69, 9.17) is 9.47 Å². The van der Waals surface area contributed by atoms with Crippen LogP contribution in [0.2, 0.25) is 0 Å². The zero-order valence-electron chi connectivity index (χ0n) is 71.9. The number of unbranched alkanes of at least 4 members (excludes halogenated alkanes) is 1. The predicted molar refractivity (Wildman–Crippen MR) is 473 cm³/mol. The van der Waals surface area contributed by atoms with Crippen LogP contribution in [0.3, 0.4) is 0 Å². The van der Waals surface area contributed by atoms with Crippen molar-refractivity contribution < 1.29 is 47.8 Å². The first-order valence-electron chi connectivity index (χ1n) is 39.0. The van der Waals surface area contributed by atoms with E-state index in [1.54, 1.807) is 47.0 Å². The number of ketones is 2. The van der Waals surface area contributed by atoms with E-state index in [0.717, 1.165) is 44.9 Å². The number of nitrogens with one attached hydrogen (secondary N) is 4. The number of hydrogen-bond acceptors (Lipinski definition) is 10. The lowest BCUT2D eigenvalue weighted by Crippen LogP contribution is -2.46. The molecule has 4 aromatic carbocycles. The van der Waals surface area contributed by atoms with Crippen molar-refractivity contribution in [3.8, 4) is 0 Å². The highest BCUT2D eigenvalue weighted by Crippen LogP contribution is 2.31. The minimum absolute atomic E-state index is 0.0257. The Bertz CT molecular complexity index is 2460. The van der Waals surface area contributed by atoms with E-state index in [9.17, 15) is 38.4 Å².